The number of morpholine rings is 1. The Labute approximate surface area is 190 Å². The fourth-order valence-corrected chi connectivity index (χ4v) is 5.32. The van der Waals surface area contributed by atoms with Gasteiger partial charge in [-0.1, -0.05) is 35.9 Å². The molecule has 2 aromatic rings. The molecule has 2 fully saturated rings. The maximum absolute atomic E-state index is 13.0. The minimum atomic E-state index is -3.62. The van der Waals surface area contributed by atoms with Crippen LogP contribution in [-0.2, 0) is 26.1 Å². The predicted molar refractivity (Wildman–Crippen MR) is 124 cm³/mol. The van der Waals surface area contributed by atoms with E-state index in [1.54, 1.807) is 18.2 Å². The van der Waals surface area contributed by atoms with Gasteiger partial charge in [-0.15, -0.1) is 0 Å². The molecule has 0 bridgehead atoms. The van der Waals surface area contributed by atoms with E-state index in [0.29, 0.717) is 38.0 Å². The van der Waals surface area contributed by atoms with Crippen LogP contribution in [0.4, 0.5) is 5.69 Å². The van der Waals surface area contributed by atoms with Gasteiger partial charge in [-0.2, -0.15) is 4.31 Å². The molecule has 0 spiro atoms. The SMILES string of the molecule is Cc1ccc(CN(CC(=O)Nc2cc(S(=O)(=O)N3CCOCC3)ccc2C)C2CC2)cc1. The average Bonchev–Trinajstić information content (AvgIpc) is 3.62. The molecule has 1 saturated heterocycles. The Balaban J connectivity index is 1.45. The summed E-state index contributed by atoms with van der Waals surface area (Å²) in [5.74, 6) is -0.131. The molecule has 32 heavy (non-hydrogen) atoms. The Hall–Kier alpha value is -2.26. The first kappa shape index (κ1) is 22.9. The molecule has 1 heterocycles. The maximum atomic E-state index is 13.0. The Morgan fingerprint density at radius 1 is 1.09 bits per heavy atom. The summed E-state index contributed by atoms with van der Waals surface area (Å²) in [5, 5.41) is 2.95. The van der Waals surface area contributed by atoms with Gasteiger partial charge in [-0.25, -0.2) is 8.42 Å². The molecule has 0 atom stereocenters. The highest BCUT2D eigenvalue weighted by Crippen LogP contribution is 2.29. The average molecular weight is 458 g/mol. The monoisotopic (exact) mass is 457 g/mol. The third kappa shape index (κ3) is 5.56. The lowest BCUT2D eigenvalue weighted by Gasteiger charge is -2.26. The molecule has 1 aliphatic carbocycles. The number of benzene rings is 2. The summed E-state index contributed by atoms with van der Waals surface area (Å²) in [7, 11) is -3.62. The maximum Gasteiger partial charge on any atom is 0.243 e. The minimum absolute atomic E-state index is 0.131. The van der Waals surface area contributed by atoms with Crippen molar-refractivity contribution in [2.45, 2.75) is 44.2 Å². The fourth-order valence-electron chi connectivity index (χ4n) is 3.89. The van der Waals surface area contributed by atoms with Crippen molar-refractivity contribution in [3.63, 3.8) is 0 Å². The molecular formula is C24H31N3O4S. The van der Waals surface area contributed by atoms with Crippen LogP contribution in [0.1, 0.15) is 29.5 Å². The highest BCUT2D eigenvalue weighted by Gasteiger charge is 2.31. The van der Waals surface area contributed by atoms with E-state index in [-0.39, 0.29) is 17.3 Å². The number of amides is 1. The van der Waals surface area contributed by atoms with Gasteiger partial charge in [0.2, 0.25) is 15.9 Å². The number of nitrogens with one attached hydrogen (secondary N) is 1. The van der Waals surface area contributed by atoms with Crippen LogP contribution in [-0.4, -0.2) is 62.4 Å². The lowest BCUT2D eigenvalue weighted by Crippen LogP contribution is -2.40. The largest absolute Gasteiger partial charge is 0.379 e. The molecule has 1 saturated carbocycles. The van der Waals surface area contributed by atoms with E-state index in [4.69, 9.17) is 4.74 Å². The van der Waals surface area contributed by atoms with Crippen molar-refractivity contribution in [1.82, 2.24) is 9.21 Å². The lowest BCUT2D eigenvalue weighted by atomic mass is 10.1. The first-order valence-corrected chi connectivity index (χ1v) is 12.5. The number of aryl methyl sites for hydroxylation is 2. The van der Waals surface area contributed by atoms with Crippen molar-refractivity contribution in [3.8, 4) is 0 Å². The van der Waals surface area contributed by atoms with E-state index in [9.17, 15) is 13.2 Å². The molecule has 8 heteroatoms. The summed E-state index contributed by atoms with van der Waals surface area (Å²) in [6.45, 7) is 6.40. The number of carbonyl (C=O) groups is 1. The van der Waals surface area contributed by atoms with Crippen LogP contribution in [0.25, 0.3) is 0 Å². The van der Waals surface area contributed by atoms with E-state index >= 15 is 0 Å². The normalized spacial score (nSPS) is 17.5. The second-order valence-corrected chi connectivity index (χ2v) is 10.6. The van der Waals surface area contributed by atoms with Crippen molar-refractivity contribution >= 4 is 21.6 Å². The topological polar surface area (TPSA) is 79.0 Å². The number of sulfonamides is 1. The number of ether oxygens (including phenoxy) is 1. The first-order chi connectivity index (χ1) is 15.3. The summed E-state index contributed by atoms with van der Waals surface area (Å²) in [6.07, 6.45) is 2.21. The van der Waals surface area contributed by atoms with E-state index < -0.39 is 10.0 Å². The summed E-state index contributed by atoms with van der Waals surface area (Å²) in [5.41, 5.74) is 3.77. The lowest BCUT2D eigenvalue weighted by molar-refractivity contribution is -0.117. The van der Waals surface area contributed by atoms with Crippen LogP contribution in [0.3, 0.4) is 0 Å². The van der Waals surface area contributed by atoms with Gasteiger partial charge in [0.05, 0.1) is 24.7 Å². The summed E-state index contributed by atoms with van der Waals surface area (Å²) >= 11 is 0. The van der Waals surface area contributed by atoms with Gasteiger partial charge in [-0.3, -0.25) is 9.69 Å². The van der Waals surface area contributed by atoms with Crippen LogP contribution in [0.15, 0.2) is 47.4 Å². The van der Waals surface area contributed by atoms with Gasteiger partial charge in [-0.05, 0) is 49.9 Å². The van der Waals surface area contributed by atoms with Crippen molar-refractivity contribution in [2.75, 3.05) is 38.2 Å². The third-order valence-corrected chi connectivity index (χ3v) is 7.90. The third-order valence-electron chi connectivity index (χ3n) is 6.01. The zero-order chi connectivity index (χ0) is 22.7. The number of carbonyl (C=O) groups excluding carboxylic acids is 1. The first-order valence-electron chi connectivity index (χ1n) is 11.1. The quantitative estimate of drug-likeness (QED) is 0.659. The van der Waals surface area contributed by atoms with Crippen molar-refractivity contribution < 1.29 is 17.9 Å². The second kappa shape index (κ2) is 9.70. The summed E-state index contributed by atoms with van der Waals surface area (Å²) in [4.78, 5) is 15.3. The highest BCUT2D eigenvalue weighted by molar-refractivity contribution is 7.89. The van der Waals surface area contributed by atoms with Gasteiger partial charge >= 0.3 is 0 Å². The van der Waals surface area contributed by atoms with Crippen molar-refractivity contribution in [3.05, 3.63) is 59.2 Å². The molecule has 1 N–H and O–H groups in total. The van der Waals surface area contributed by atoms with Gasteiger partial charge in [0.1, 0.15) is 0 Å². The molecule has 172 valence electrons. The molecule has 0 aromatic heterocycles. The van der Waals surface area contributed by atoms with Crippen LogP contribution >= 0.6 is 0 Å². The highest BCUT2D eigenvalue weighted by atomic mass is 32.2. The van der Waals surface area contributed by atoms with Crippen LogP contribution in [0, 0.1) is 13.8 Å². The zero-order valence-corrected chi connectivity index (χ0v) is 19.5. The Morgan fingerprint density at radius 3 is 2.44 bits per heavy atom. The Kier molecular flexibility index (Phi) is 6.95. The molecule has 2 aromatic carbocycles. The molecule has 1 amide bonds. The van der Waals surface area contributed by atoms with Crippen molar-refractivity contribution in [1.29, 1.82) is 0 Å². The standard InChI is InChI=1S/C24H31N3O4S/c1-18-3-6-20(7-4-18)16-26(21-8-9-21)17-24(28)25-23-15-22(10-5-19(23)2)32(29,30)27-11-13-31-14-12-27/h3-7,10,15,21H,8-9,11-14,16-17H2,1-2H3,(H,25,28). The number of anilines is 1. The van der Waals surface area contributed by atoms with Gasteiger partial charge < -0.3 is 10.1 Å². The van der Waals surface area contributed by atoms with Crippen LogP contribution < -0.4 is 5.32 Å². The molecule has 0 radical (unpaired) electrons. The van der Waals surface area contributed by atoms with Crippen molar-refractivity contribution in [2.24, 2.45) is 0 Å². The molecule has 4 rings (SSSR count). The molecule has 1 aliphatic heterocycles. The van der Waals surface area contributed by atoms with Gasteiger partial charge in [0.15, 0.2) is 0 Å². The smallest absolute Gasteiger partial charge is 0.243 e. The van der Waals surface area contributed by atoms with Gasteiger partial charge in [0, 0.05) is 31.4 Å². The summed E-state index contributed by atoms with van der Waals surface area (Å²) in [6, 6.07) is 13.7. The van der Waals surface area contributed by atoms with Crippen LogP contribution in [0.2, 0.25) is 0 Å². The summed E-state index contributed by atoms with van der Waals surface area (Å²) < 4.78 is 32.7. The molecular weight excluding hydrogens is 426 g/mol. The van der Waals surface area contributed by atoms with E-state index in [1.807, 2.05) is 6.92 Å². The molecule has 0 unspecified atom stereocenters. The minimum Gasteiger partial charge on any atom is -0.379 e. The van der Waals surface area contributed by atoms with E-state index in [0.717, 1.165) is 24.9 Å². The molecule has 2 aliphatic rings. The van der Waals surface area contributed by atoms with Crippen LogP contribution in [0.5, 0.6) is 0 Å². The van der Waals surface area contributed by atoms with E-state index in [2.05, 4.69) is 41.4 Å². The number of rotatable bonds is 8. The fraction of sp³-hybridized carbons (Fsp3) is 0.458. The second-order valence-electron chi connectivity index (χ2n) is 8.66. The van der Waals surface area contributed by atoms with Gasteiger partial charge in [0.25, 0.3) is 0 Å². The Morgan fingerprint density at radius 2 is 1.78 bits per heavy atom. The number of nitrogens with zero attached hydrogens (tertiary/aromatic N) is 2. The van der Waals surface area contributed by atoms with E-state index in [1.165, 1.54) is 15.4 Å². The Bertz CT molecular complexity index is 1060. The predicted octanol–water partition coefficient (Wildman–Crippen LogP) is 2.93. The molecule has 7 nitrogen and oxygen atoms in total. The number of hydrogen-bond acceptors (Lipinski definition) is 5. The number of hydrogen-bond donors (Lipinski definition) is 1. The zero-order valence-electron chi connectivity index (χ0n) is 18.7.